The fourth-order valence-electron chi connectivity index (χ4n) is 1.83. The van der Waals surface area contributed by atoms with Crippen LogP contribution in [-0.4, -0.2) is 16.2 Å². The number of thiazole rings is 1. The zero-order valence-corrected chi connectivity index (χ0v) is 9.81. The number of aromatic nitrogens is 1. The summed E-state index contributed by atoms with van der Waals surface area (Å²) in [7, 11) is 0. The second-order valence-electron chi connectivity index (χ2n) is 4.03. The molecule has 17 heavy (non-hydrogen) atoms. The van der Waals surface area contributed by atoms with E-state index in [1.165, 1.54) is 6.20 Å². The summed E-state index contributed by atoms with van der Waals surface area (Å²) in [4.78, 5) is 3.90. The molecule has 2 rings (SSSR count). The van der Waals surface area contributed by atoms with Gasteiger partial charge in [0.15, 0.2) is 5.01 Å². The number of allylic oxidation sites excluding steroid dienone is 1. The fraction of sp³-hybridized carbons (Fsp3) is 0.545. The molecule has 1 aromatic heterocycles. The van der Waals surface area contributed by atoms with Gasteiger partial charge in [-0.3, -0.25) is 0 Å². The summed E-state index contributed by atoms with van der Waals surface area (Å²) in [6.07, 6.45) is 1.13. The first-order chi connectivity index (χ1) is 7.97. The van der Waals surface area contributed by atoms with Crippen molar-refractivity contribution in [2.75, 3.05) is 0 Å². The van der Waals surface area contributed by atoms with Crippen molar-refractivity contribution in [3.05, 3.63) is 22.2 Å². The maximum absolute atomic E-state index is 12.4. The highest BCUT2D eigenvalue weighted by molar-refractivity contribution is 7.12. The molecule has 0 bridgehead atoms. The average molecular weight is 263 g/mol. The molecule has 2 nitrogen and oxygen atoms in total. The van der Waals surface area contributed by atoms with Gasteiger partial charge in [-0.2, -0.15) is 13.2 Å². The van der Waals surface area contributed by atoms with Crippen molar-refractivity contribution in [3.63, 3.8) is 0 Å². The Hall–Kier alpha value is -0.880. The Morgan fingerprint density at radius 1 is 1.35 bits per heavy atom. The lowest BCUT2D eigenvalue weighted by Gasteiger charge is -2.03. The SMILES string of the molecule is OC1C=C(c2cnc(C(F)(F)F)s2)CCCC1. The van der Waals surface area contributed by atoms with Crippen molar-refractivity contribution in [1.82, 2.24) is 4.98 Å². The Morgan fingerprint density at radius 3 is 2.76 bits per heavy atom. The highest BCUT2D eigenvalue weighted by Crippen LogP contribution is 2.36. The Kier molecular flexibility index (Phi) is 3.53. The Balaban J connectivity index is 2.25. The van der Waals surface area contributed by atoms with Crippen LogP contribution in [0.5, 0.6) is 0 Å². The van der Waals surface area contributed by atoms with Crippen LogP contribution in [0.4, 0.5) is 13.2 Å². The zero-order valence-electron chi connectivity index (χ0n) is 9.00. The summed E-state index contributed by atoms with van der Waals surface area (Å²) in [5.74, 6) is 0. The molecular weight excluding hydrogens is 251 g/mol. The van der Waals surface area contributed by atoms with Crippen molar-refractivity contribution in [1.29, 1.82) is 0 Å². The van der Waals surface area contributed by atoms with Crippen molar-refractivity contribution in [2.24, 2.45) is 0 Å². The molecule has 1 unspecified atom stereocenters. The van der Waals surface area contributed by atoms with Crippen molar-refractivity contribution in [2.45, 2.75) is 38.0 Å². The van der Waals surface area contributed by atoms with Crippen LogP contribution in [0.15, 0.2) is 12.3 Å². The van der Waals surface area contributed by atoms with Crippen LogP contribution in [0.2, 0.25) is 0 Å². The molecule has 0 aliphatic heterocycles. The van der Waals surface area contributed by atoms with Gasteiger partial charge in [0, 0.05) is 6.20 Å². The van der Waals surface area contributed by atoms with Crippen LogP contribution in [0.3, 0.4) is 0 Å². The van der Waals surface area contributed by atoms with E-state index in [1.54, 1.807) is 6.08 Å². The van der Waals surface area contributed by atoms with Gasteiger partial charge >= 0.3 is 6.18 Å². The van der Waals surface area contributed by atoms with Gasteiger partial charge in [0.1, 0.15) is 0 Å². The Morgan fingerprint density at radius 2 is 2.12 bits per heavy atom. The summed E-state index contributed by atoms with van der Waals surface area (Å²) >= 11 is 0.642. The fourth-order valence-corrected chi connectivity index (χ4v) is 2.66. The van der Waals surface area contributed by atoms with Crippen LogP contribution in [0, 0.1) is 0 Å². The third-order valence-electron chi connectivity index (χ3n) is 2.65. The van der Waals surface area contributed by atoms with Crippen LogP contribution in [-0.2, 0) is 6.18 Å². The van der Waals surface area contributed by atoms with Gasteiger partial charge in [-0.25, -0.2) is 4.98 Å². The van der Waals surface area contributed by atoms with Crippen LogP contribution < -0.4 is 0 Å². The van der Waals surface area contributed by atoms with E-state index in [1.807, 2.05) is 0 Å². The topological polar surface area (TPSA) is 33.1 Å². The molecule has 0 saturated heterocycles. The van der Waals surface area contributed by atoms with Gasteiger partial charge in [0.05, 0.1) is 11.0 Å². The normalized spacial score (nSPS) is 22.1. The van der Waals surface area contributed by atoms with Crippen molar-refractivity contribution < 1.29 is 18.3 Å². The average Bonchev–Trinajstić information content (AvgIpc) is 2.63. The van der Waals surface area contributed by atoms with Gasteiger partial charge in [-0.1, -0.05) is 12.5 Å². The molecule has 0 fully saturated rings. The summed E-state index contributed by atoms with van der Waals surface area (Å²) < 4.78 is 37.2. The van der Waals surface area contributed by atoms with E-state index in [4.69, 9.17) is 0 Å². The number of aliphatic hydroxyl groups is 1. The lowest BCUT2D eigenvalue weighted by atomic mass is 10.1. The maximum atomic E-state index is 12.4. The molecule has 94 valence electrons. The number of aliphatic hydroxyl groups excluding tert-OH is 1. The maximum Gasteiger partial charge on any atom is 0.443 e. The smallest absolute Gasteiger partial charge is 0.389 e. The van der Waals surface area contributed by atoms with E-state index >= 15 is 0 Å². The van der Waals surface area contributed by atoms with E-state index in [9.17, 15) is 18.3 Å². The first kappa shape index (κ1) is 12.6. The van der Waals surface area contributed by atoms with E-state index in [0.29, 0.717) is 29.1 Å². The monoisotopic (exact) mass is 263 g/mol. The van der Waals surface area contributed by atoms with Crippen molar-refractivity contribution in [3.8, 4) is 0 Å². The van der Waals surface area contributed by atoms with E-state index in [2.05, 4.69) is 4.98 Å². The largest absolute Gasteiger partial charge is 0.443 e. The molecule has 1 aliphatic rings. The summed E-state index contributed by atoms with van der Waals surface area (Å²) in [6, 6.07) is 0. The van der Waals surface area contributed by atoms with Gasteiger partial charge in [0.25, 0.3) is 0 Å². The highest BCUT2D eigenvalue weighted by atomic mass is 32.1. The van der Waals surface area contributed by atoms with E-state index < -0.39 is 17.3 Å². The number of hydrogen-bond donors (Lipinski definition) is 1. The molecule has 0 radical (unpaired) electrons. The molecule has 0 saturated carbocycles. The second kappa shape index (κ2) is 4.78. The number of hydrogen-bond acceptors (Lipinski definition) is 3. The van der Waals surface area contributed by atoms with E-state index in [-0.39, 0.29) is 0 Å². The third kappa shape index (κ3) is 3.07. The van der Waals surface area contributed by atoms with Gasteiger partial charge in [-0.05, 0) is 24.8 Å². The Labute approximate surface area is 101 Å². The molecule has 6 heteroatoms. The summed E-state index contributed by atoms with van der Waals surface area (Å²) in [6.45, 7) is 0. The van der Waals surface area contributed by atoms with E-state index in [0.717, 1.165) is 18.4 Å². The molecule has 1 aliphatic carbocycles. The molecule has 1 atom stereocenters. The lowest BCUT2D eigenvalue weighted by molar-refractivity contribution is -0.137. The van der Waals surface area contributed by atoms with Crippen LogP contribution in [0.1, 0.15) is 35.6 Å². The quantitative estimate of drug-likeness (QED) is 0.841. The van der Waals surface area contributed by atoms with Gasteiger partial charge in [-0.15, -0.1) is 11.3 Å². The predicted octanol–water partition coefficient (Wildman–Crippen LogP) is 3.48. The molecule has 0 amide bonds. The minimum Gasteiger partial charge on any atom is -0.389 e. The summed E-state index contributed by atoms with van der Waals surface area (Å²) in [5, 5.41) is 8.75. The number of rotatable bonds is 1. The number of halogens is 3. The third-order valence-corrected chi connectivity index (χ3v) is 3.77. The minimum atomic E-state index is -4.38. The second-order valence-corrected chi connectivity index (χ2v) is 5.06. The number of nitrogens with zero attached hydrogens (tertiary/aromatic N) is 1. The van der Waals surface area contributed by atoms with Crippen molar-refractivity contribution >= 4 is 16.9 Å². The number of alkyl halides is 3. The Bertz CT molecular complexity index is 425. The molecule has 0 spiro atoms. The van der Waals surface area contributed by atoms with Gasteiger partial charge in [0.2, 0.25) is 0 Å². The standard InChI is InChI=1S/C11H12F3NOS/c12-11(13,14)10-15-6-9(17-10)7-3-1-2-4-8(16)5-7/h5-6,8,16H,1-4H2. The van der Waals surface area contributed by atoms with Crippen LogP contribution in [0.25, 0.3) is 5.57 Å². The molecule has 1 N–H and O–H groups in total. The highest BCUT2D eigenvalue weighted by Gasteiger charge is 2.34. The summed E-state index contributed by atoms with van der Waals surface area (Å²) in [5.41, 5.74) is 0.781. The molecule has 0 aromatic carbocycles. The molecular formula is C11H12F3NOS. The predicted molar refractivity (Wildman–Crippen MR) is 59.6 cm³/mol. The zero-order chi connectivity index (χ0) is 12.5. The first-order valence-electron chi connectivity index (χ1n) is 5.39. The molecule has 1 heterocycles. The minimum absolute atomic E-state index is 0.512. The lowest BCUT2D eigenvalue weighted by Crippen LogP contribution is -2.02. The first-order valence-corrected chi connectivity index (χ1v) is 6.20. The molecule has 1 aromatic rings. The van der Waals surface area contributed by atoms with Crippen LogP contribution >= 0.6 is 11.3 Å². The van der Waals surface area contributed by atoms with Gasteiger partial charge < -0.3 is 5.11 Å².